The lowest BCUT2D eigenvalue weighted by atomic mass is 9.94. The molecular weight excluding hydrogens is 212 g/mol. The summed E-state index contributed by atoms with van der Waals surface area (Å²) in [6, 6.07) is 0.240. The van der Waals surface area contributed by atoms with Gasteiger partial charge in [0.15, 0.2) is 0 Å². The zero-order valence-corrected chi connectivity index (χ0v) is 10.5. The lowest BCUT2D eigenvalue weighted by Crippen LogP contribution is -2.35. The van der Waals surface area contributed by atoms with Crippen LogP contribution in [0.2, 0.25) is 0 Å². The Hall–Kier alpha value is -0.870. The van der Waals surface area contributed by atoms with E-state index in [9.17, 15) is 0 Å². The maximum atomic E-state index is 5.77. The number of nitrogens with two attached hydrogens (primary N) is 1. The van der Waals surface area contributed by atoms with Crippen LogP contribution in [-0.4, -0.2) is 9.55 Å². The number of fused-ring (bicyclic) bond motifs is 1. The van der Waals surface area contributed by atoms with Crippen molar-refractivity contribution in [3.05, 3.63) is 18.2 Å². The molecule has 0 bridgehead atoms. The van der Waals surface area contributed by atoms with Crippen molar-refractivity contribution < 1.29 is 0 Å². The molecular formula is C13H22N4. The van der Waals surface area contributed by atoms with Crippen LogP contribution in [0.4, 0.5) is 0 Å². The van der Waals surface area contributed by atoms with E-state index in [1.807, 2.05) is 6.20 Å². The highest BCUT2D eigenvalue weighted by molar-refractivity contribution is 5.07. The second kappa shape index (κ2) is 4.42. The van der Waals surface area contributed by atoms with Crippen molar-refractivity contribution in [2.45, 2.75) is 45.2 Å². The molecule has 3 atom stereocenters. The zero-order chi connectivity index (χ0) is 11.8. The third-order valence-corrected chi connectivity index (χ3v) is 4.42. The van der Waals surface area contributed by atoms with Crippen molar-refractivity contribution in [1.29, 1.82) is 0 Å². The Morgan fingerprint density at radius 3 is 2.88 bits per heavy atom. The van der Waals surface area contributed by atoms with Gasteiger partial charge in [0.1, 0.15) is 5.82 Å². The molecule has 2 saturated carbocycles. The largest absolute Gasteiger partial charge is 0.334 e. The fraction of sp³-hybridized carbons (Fsp3) is 0.769. The van der Waals surface area contributed by atoms with Crippen molar-refractivity contribution in [3.63, 3.8) is 0 Å². The Kier molecular flexibility index (Phi) is 2.92. The fourth-order valence-electron chi connectivity index (χ4n) is 3.48. The van der Waals surface area contributed by atoms with Crippen molar-refractivity contribution in [1.82, 2.24) is 15.0 Å². The summed E-state index contributed by atoms with van der Waals surface area (Å²) >= 11 is 0. The monoisotopic (exact) mass is 234 g/mol. The summed E-state index contributed by atoms with van der Waals surface area (Å²) in [5.41, 5.74) is 3.00. The van der Waals surface area contributed by atoms with Gasteiger partial charge in [-0.15, -0.1) is 0 Å². The van der Waals surface area contributed by atoms with Crippen LogP contribution in [0.5, 0.6) is 0 Å². The first kappa shape index (κ1) is 11.2. The molecule has 0 saturated heterocycles. The van der Waals surface area contributed by atoms with E-state index >= 15 is 0 Å². The van der Waals surface area contributed by atoms with Crippen LogP contribution in [-0.2, 0) is 6.54 Å². The van der Waals surface area contributed by atoms with Crippen LogP contribution in [0, 0.1) is 17.8 Å². The lowest BCUT2D eigenvalue weighted by molar-refractivity contribution is 0.323. The molecule has 1 aromatic heterocycles. The molecule has 1 heterocycles. The molecule has 1 aromatic rings. The summed E-state index contributed by atoms with van der Waals surface area (Å²) in [5, 5.41) is 0. The number of aromatic nitrogens is 2. The van der Waals surface area contributed by atoms with Crippen LogP contribution >= 0.6 is 0 Å². The Balaban J connectivity index is 1.76. The smallest absolute Gasteiger partial charge is 0.127 e. The topological polar surface area (TPSA) is 55.9 Å². The van der Waals surface area contributed by atoms with Gasteiger partial charge >= 0.3 is 0 Å². The molecule has 3 N–H and O–H groups in total. The van der Waals surface area contributed by atoms with Gasteiger partial charge in [-0.2, -0.15) is 0 Å². The van der Waals surface area contributed by atoms with Crippen molar-refractivity contribution in [2.24, 2.45) is 23.6 Å². The van der Waals surface area contributed by atoms with Gasteiger partial charge in [0.25, 0.3) is 0 Å². The van der Waals surface area contributed by atoms with Crippen LogP contribution in [0.1, 0.15) is 44.5 Å². The second-order valence-corrected chi connectivity index (χ2v) is 5.61. The quantitative estimate of drug-likeness (QED) is 0.604. The van der Waals surface area contributed by atoms with Crippen molar-refractivity contribution in [2.75, 3.05) is 0 Å². The normalized spacial score (nSPS) is 32.5. The number of aryl methyl sites for hydroxylation is 1. The summed E-state index contributed by atoms with van der Waals surface area (Å²) in [6.07, 6.45) is 9.22. The minimum atomic E-state index is 0.240. The highest BCUT2D eigenvalue weighted by atomic mass is 15.3. The van der Waals surface area contributed by atoms with Crippen LogP contribution in [0.3, 0.4) is 0 Å². The second-order valence-electron chi connectivity index (χ2n) is 5.61. The van der Waals surface area contributed by atoms with Gasteiger partial charge in [0.2, 0.25) is 0 Å². The number of hydrazine groups is 1. The minimum absolute atomic E-state index is 0.240. The average Bonchev–Trinajstić information content (AvgIpc) is 2.76. The molecule has 3 rings (SSSR count). The number of hydrogen-bond acceptors (Lipinski definition) is 3. The van der Waals surface area contributed by atoms with Crippen molar-refractivity contribution >= 4 is 0 Å². The predicted molar refractivity (Wildman–Crippen MR) is 66.9 cm³/mol. The Labute approximate surface area is 103 Å². The SMILES string of the molecule is CCCn1ccnc1C(NN)C1CC2CC2C1. The molecule has 0 radical (unpaired) electrons. The summed E-state index contributed by atoms with van der Waals surface area (Å²) in [7, 11) is 0. The molecule has 2 aliphatic rings. The molecule has 4 nitrogen and oxygen atoms in total. The van der Waals surface area contributed by atoms with E-state index in [4.69, 9.17) is 5.84 Å². The predicted octanol–water partition coefficient (Wildman–Crippen LogP) is 1.84. The molecule has 0 aliphatic heterocycles. The molecule has 0 spiro atoms. The number of imidazole rings is 1. The maximum absolute atomic E-state index is 5.77. The fourth-order valence-corrected chi connectivity index (χ4v) is 3.48. The minimum Gasteiger partial charge on any atom is -0.334 e. The van der Waals surface area contributed by atoms with Gasteiger partial charge in [0.05, 0.1) is 6.04 Å². The van der Waals surface area contributed by atoms with Crippen LogP contribution in [0.15, 0.2) is 12.4 Å². The molecule has 17 heavy (non-hydrogen) atoms. The first-order valence-corrected chi connectivity index (χ1v) is 6.80. The Morgan fingerprint density at radius 2 is 2.24 bits per heavy atom. The van der Waals surface area contributed by atoms with E-state index in [1.165, 1.54) is 19.3 Å². The summed E-state index contributed by atoms with van der Waals surface area (Å²) in [4.78, 5) is 4.51. The van der Waals surface area contributed by atoms with Gasteiger partial charge in [-0.3, -0.25) is 5.84 Å². The summed E-state index contributed by atoms with van der Waals surface area (Å²) < 4.78 is 2.24. The van der Waals surface area contributed by atoms with E-state index in [1.54, 1.807) is 0 Å². The first-order chi connectivity index (χ1) is 8.33. The first-order valence-electron chi connectivity index (χ1n) is 6.80. The third-order valence-electron chi connectivity index (χ3n) is 4.42. The maximum Gasteiger partial charge on any atom is 0.127 e. The van der Waals surface area contributed by atoms with E-state index in [-0.39, 0.29) is 6.04 Å². The van der Waals surface area contributed by atoms with E-state index in [0.29, 0.717) is 5.92 Å². The van der Waals surface area contributed by atoms with Gasteiger partial charge in [-0.1, -0.05) is 6.92 Å². The number of nitrogens with one attached hydrogen (secondary N) is 1. The molecule has 0 amide bonds. The third kappa shape index (κ3) is 2.00. The van der Waals surface area contributed by atoms with Gasteiger partial charge in [-0.25, -0.2) is 10.4 Å². The van der Waals surface area contributed by atoms with Gasteiger partial charge < -0.3 is 4.57 Å². The lowest BCUT2D eigenvalue weighted by Gasteiger charge is -2.24. The van der Waals surface area contributed by atoms with Crippen LogP contribution in [0.25, 0.3) is 0 Å². The van der Waals surface area contributed by atoms with Gasteiger partial charge in [0, 0.05) is 18.9 Å². The van der Waals surface area contributed by atoms with Crippen molar-refractivity contribution in [3.8, 4) is 0 Å². The zero-order valence-electron chi connectivity index (χ0n) is 10.5. The standard InChI is InChI=1S/C13H22N4/c1-2-4-17-5-3-15-13(17)12(16-14)11-7-9-6-10(9)8-11/h3,5,9-12,16H,2,4,6-8,14H2,1H3. The number of nitrogens with zero attached hydrogens (tertiary/aromatic N) is 2. The van der Waals surface area contributed by atoms with Crippen LogP contribution < -0.4 is 11.3 Å². The molecule has 4 heteroatoms. The highest BCUT2D eigenvalue weighted by Gasteiger charge is 2.48. The number of hydrogen-bond donors (Lipinski definition) is 2. The summed E-state index contributed by atoms with van der Waals surface area (Å²) in [5.74, 6) is 9.56. The van der Waals surface area contributed by atoms with E-state index in [0.717, 1.165) is 30.6 Å². The molecule has 2 fully saturated rings. The molecule has 3 unspecified atom stereocenters. The molecule has 0 aromatic carbocycles. The van der Waals surface area contributed by atoms with E-state index < -0.39 is 0 Å². The Bertz CT molecular complexity index is 377. The molecule has 2 aliphatic carbocycles. The highest BCUT2D eigenvalue weighted by Crippen LogP contribution is 2.56. The van der Waals surface area contributed by atoms with E-state index in [2.05, 4.69) is 28.1 Å². The van der Waals surface area contributed by atoms with Gasteiger partial charge in [-0.05, 0) is 43.4 Å². The summed E-state index contributed by atoms with van der Waals surface area (Å²) in [6.45, 7) is 3.23. The average molecular weight is 234 g/mol. The Morgan fingerprint density at radius 1 is 1.47 bits per heavy atom. The molecule has 94 valence electrons. The number of rotatable bonds is 5.